The van der Waals surface area contributed by atoms with Crippen LogP contribution in [-0.4, -0.2) is 31.6 Å². The van der Waals surface area contributed by atoms with Gasteiger partial charge >= 0.3 is 0 Å². The molecular weight excluding hydrogens is 312 g/mol. The number of halogens is 1. The monoisotopic (exact) mass is 342 g/mol. The van der Waals surface area contributed by atoms with Gasteiger partial charge in [-0.25, -0.2) is 0 Å². The minimum atomic E-state index is -0.439. The lowest BCUT2D eigenvalue weighted by molar-refractivity contribution is -0.128. The van der Waals surface area contributed by atoms with Crippen LogP contribution in [0.4, 0.5) is 0 Å². The van der Waals surface area contributed by atoms with Gasteiger partial charge in [0, 0.05) is 13.1 Å². The molecule has 0 radical (unpaired) electrons. The van der Waals surface area contributed by atoms with Crippen molar-refractivity contribution in [3.63, 3.8) is 0 Å². The summed E-state index contributed by atoms with van der Waals surface area (Å²) in [5.74, 6) is 1.14. The molecule has 0 aliphatic carbocycles. The van der Waals surface area contributed by atoms with Crippen LogP contribution in [0.3, 0.4) is 0 Å². The molecule has 0 spiro atoms. The van der Waals surface area contributed by atoms with Gasteiger partial charge in [0.1, 0.15) is 5.75 Å². The summed E-state index contributed by atoms with van der Waals surface area (Å²) in [6.07, 6.45) is 1.31. The molecule has 0 aliphatic heterocycles. The van der Waals surface area contributed by atoms with E-state index in [9.17, 15) is 4.79 Å². The fraction of sp³-hybridized carbons (Fsp3) is 0.611. The van der Waals surface area contributed by atoms with Gasteiger partial charge in [-0.15, -0.1) is 12.4 Å². The van der Waals surface area contributed by atoms with Gasteiger partial charge in [0.2, 0.25) is 0 Å². The van der Waals surface area contributed by atoms with E-state index in [1.807, 2.05) is 25.1 Å². The SMILES string of the molecule is CCCNCCNC(=O)C(CC)Oc1ccccc1C(C)C.Cl. The molecule has 1 aromatic rings. The average molecular weight is 343 g/mol. The highest BCUT2D eigenvalue weighted by molar-refractivity contribution is 5.85. The fourth-order valence-corrected chi connectivity index (χ4v) is 2.23. The lowest BCUT2D eigenvalue weighted by atomic mass is 10.0. The first-order valence-corrected chi connectivity index (χ1v) is 8.34. The van der Waals surface area contributed by atoms with E-state index in [-0.39, 0.29) is 18.3 Å². The van der Waals surface area contributed by atoms with Crippen LogP contribution in [0.5, 0.6) is 5.75 Å². The van der Waals surface area contributed by atoms with Gasteiger partial charge in [-0.3, -0.25) is 4.79 Å². The molecule has 5 heteroatoms. The van der Waals surface area contributed by atoms with E-state index >= 15 is 0 Å². The van der Waals surface area contributed by atoms with Crippen LogP contribution in [0, 0.1) is 0 Å². The third kappa shape index (κ3) is 7.71. The average Bonchev–Trinajstić information content (AvgIpc) is 2.52. The molecule has 1 rings (SSSR count). The summed E-state index contributed by atoms with van der Waals surface area (Å²) >= 11 is 0. The van der Waals surface area contributed by atoms with Crippen LogP contribution in [-0.2, 0) is 4.79 Å². The van der Waals surface area contributed by atoms with Crippen molar-refractivity contribution in [3.8, 4) is 5.75 Å². The number of carbonyl (C=O) groups is 1. The zero-order chi connectivity index (χ0) is 16.4. The topological polar surface area (TPSA) is 50.4 Å². The molecule has 23 heavy (non-hydrogen) atoms. The number of nitrogens with one attached hydrogen (secondary N) is 2. The first kappa shape index (κ1) is 21.7. The maximum Gasteiger partial charge on any atom is 0.261 e. The number of para-hydroxylation sites is 1. The number of amides is 1. The summed E-state index contributed by atoms with van der Waals surface area (Å²) in [5, 5.41) is 6.20. The van der Waals surface area contributed by atoms with E-state index < -0.39 is 6.10 Å². The van der Waals surface area contributed by atoms with Crippen molar-refractivity contribution in [3.05, 3.63) is 29.8 Å². The molecule has 1 unspecified atom stereocenters. The van der Waals surface area contributed by atoms with E-state index in [0.29, 0.717) is 18.9 Å². The molecule has 1 amide bonds. The predicted octanol–water partition coefficient (Wildman–Crippen LogP) is 3.51. The number of hydrogen-bond acceptors (Lipinski definition) is 3. The molecule has 0 aromatic heterocycles. The quantitative estimate of drug-likeness (QED) is 0.640. The molecule has 1 atom stereocenters. The van der Waals surface area contributed by atoms with Gasteiger partial charge in [-0.1, -0.05) is 45.9 Å². The Labute approximate surface area is 146 Å². The summed E-state index contributed by atoms with van der Waals surface area (Å²) in [6, 6.07) is 7.94. The molecule has 0 aliphatic rings. The van der Waals surface area contributed by atoms with Crippen LogP contribution in [0.25, 0.3) is 0 Å². The van der Waals surface area contributed by atoms with E-state index in [2.05, 4.69) is 37.5 Å². The molecule has 1 aromatic carbocycles. The van der Waals surface area contributed by atoms with Crippen molar-refractivity contribution in [1.29, 1.82) is 0 Å². The highest BCUT2D eigenvalue weighted by Crippen LogP contribution is 2.27. The van der Waals surface area contributed by atoms with Gasteiger partial charge in [-0.2, -0.15) is 0 Å². The molecule has 0 saturated carbocycles. The highest BCUT2D eigenvalue weighted by atomic mass is 35.5. The second-order valence-electron chi connectivity index (χ2n) is 5.75. The fourth-order valence-electron chi connectivity index (χ4n) is 2.23. The molecule has 2 N–H and O–H groups in total. The summed E-state index contributed by atoms with van der Waals surface area (Å²) in [7, 11) is 0. The maximum absolute atomic E-state index is 12.2. The van der Waals surface area contributed by atoms with E-state index in [1.54, 1.807) is 0 Å². The van der Waals surface area contributed by atoms with Crippen molar-refractivity contribution in [1.82, 2.24) is 10.6 Å². The first-order chi connectivity index (χ1) is 10.6. The minimum absolute atomic E-state index is 0. The Hall–Kier alpha value is -1.26. The molecule has 0 fully saturated rings. The standard InChI is InChI=1S/C18H30N2O2.ClH/c1-5-11-19-12-13-20-18(21)16(6-2)22-17-10-8-7-9-15(17)14(3)4;/h7-10,14,16,19H,5-6,11-13H2,1-4H3,(H,20,21);1H. The van der Waals surface area contributed by atoms with Gasteiger partial charge in [-0.05, 0) is 36.9 Å². The third-order valence-corrected chi connectivity index (χ3v) is 3.50. The Bertz CT molecular complexity index is 452. The Morgan fingerprint density at radius 1 is 1.13 bits per heavy atom. The van der Waals surface area contributed by atoms with E-state index in [4.69, 9.17) is 4.74 Å². The van der Waals surface area contributed by atoms with Crippen molar-refractivity contribution in [2.75, 3.05) is 19.6 Å². The summed E-state index contributed by atoms with van der Waals surface area (Å²) in [4.78, 5) is 12.2. The van der Waals surface area contributed by atoms with Gasteiger partial charge in [0.05, 0.1) is 0 Å². The first-order valence-electron chi connectivity index (χ1n) is 8.34. The maximum atomic E-state index is 12.2. The summed E-state index contributed by atoms with van der Waals surface area (Å²) in [5.41, 5.74) is 1.14. The van der Waals surface area contributed by atoms with Crippen molar-refractivity contribution in [2.24, 2.45) is 0 Å². The zero-order valence-corrected chi connectivity index (χ0v) is 15.5. The smallest absolute Gasteiger partial charge is 0.261 e. The third-order valence-electron chi connectivity index (χ3n) is 3.50. The second-order valence-corrected chi connectivity index (χ2v) is 5.75. The van der Waals surface area contributed by atoms with E-state index in [0.717, 1.165) is 30.8 Å². The molecule has 132 valence electrons. The summed E-state index contributed by atoms with van der Waals surface area (Å²) in [6.45, 7) is 10.7. The van der Waals surface area contributed by atoms with Crippen LogP contribution < -0.4 is 15.4 Å². The van der Waals surface area contributed by atoms with Gasteiger partial charge in [0.15, 0.2) is 6.10 Å². The van der Waals surface area contributed by atoms with Crippen LogP contribution in [0.15, 0.2) is 24.3 Å². The lowest BCUT2D eigenvalue weighted by Crippen LogP contribution is -2.41. The molecule has 0 heterocycles. The number of ether oxygens (including phenoxy) is 1. The summed E-state index contributed by atoms with van der Waals surface area (Å²) < 4.78 is 5.96. The second kappa shape index (κ2) is 12.2. The van der Waals surface area contributed by atoms with Crippen LogP contribution >= 0.6 is 12.4 Å². The lowest BCUT2D eigenvalue weighted by Gasteiger charge is -2.20. The van der Waals surface area contributed by atoms with Crippen molar-refractivity contribution in [2.45, 2.75) is 52.6 Å². The Kier molecular flexibility index (Phi) is 11.5. The normalized spacial score (nSPS) is 11.7. The van der Waals surface area contributed by atoms with Gasteiger partial charge in [0.25, 0.3) is 5.91 Å². The Morgan fingerprint density at radius 3 is 2.43 bits per heavy atom. The van der Waals surface area contributed by atoms with Crippen LogP contribution in [0.1, 0.15) is 52.0 Å². The van der Waals surface area contributed by atoms with Gasteiger partial charge < -0.3 is 15.4 Å². The molecule has 4 nitrogen and oxygen atoms in total. The Balaban J connectivity index is 0.00000484. The molecular formula is C18H31ClN2O2. The number of rotatable bonds is 10. The predicted molar refractivity (Wildman–Crippen MR) is 98.7 cm³/mol. The number of carbonyl (C=O) groups excluding carboxylic acids is 1. The minimum Gasteiger partial charge on any atom is -0.480 e. The van der Waals surface area contributed by atoms with E-state index in [1.165, 1.54) is 0 Å². The highest BCUT2D eigenvalue weighted by Gasteiger charge is 2.19. The number of benzene rings is 1. The van der Waals surface area contributed by atoms with Crippen LogP contribution in [0.2, 0.25) is 0 Å². The molecule has 0 saturated heterocycles. The Morgan fingerprint density at radius 2 is 1.83 bits per heavy atom. The molecule has 0 bridgehead atoms. The number of hydrogen-bond donors (Lipinski definition) is 2. The van der Waals surface area contributed by atoms with Crippen molar-refractivity contribution < 1.29 is 9.53 Å². The largest absolute Gasteiger partial charge is 0.480 e. The zero-order valence-electron chi connectivity index (χ0n) is 14.7. The van der Waals surface area contributed by atoms with Crippen molar-refractivity contribution >= 4 is 18.3 Å².